The fourth-order valence-corrected chi connectivity index (χ4v) is 4.02. The maximum atomic E-state index is 2.63. The van der Waals surface area contributed by atoms with Gasteiger partial charge in [-0.15, -0.1) is 0 Å². The van der Waals surface area contributed by atoms with Gasteiger partial charge >= 0.3 is 0 Å². The second kappa shape index (κ2) is 5.42. The third-order valence-corrected chi connectivity index (χ3v) is 6.46. The normalized spacial score (nSPS) is 21.4. The van der Waals surface area contributed by atoms with Crippen molar-refractivity contribution in [2.24, 2.45) is 5.92 Å². The van der Waals surface area contributed by atoms with Crippen molar-refractivity contribution in [3.05, 3.63) is 59.2 Å². The minimum Gasteiger partial charge on any atom is -0.0771 e. The lowest BCUT2D eigenvalue weighted by molar-refractivity contribution is 0.589. The monoisotopic (exact) mass is 390 g/mol. The van der Waals surface area contributed by atoms with Gasteiger partial charge in [0.2, 0.25) is 0 Å². The largest absolute Gasteiger partial charge is 0.0771 e. The third kappa shape index (κ3) is 2.77. The summed E-state index contributed by atoms with van der Waals surface area (Å²) < 4.78 is 0.641. The molecule has 0 nitrogen and oxygen atoms in total. The first kappa shape index (κ1) is 15.1. The summed E-state index contributed by atoms with van der Waals surface area (Å²) in [5.41, 5.74) is 7.59. The van der Waals surface area contributed by atoms with Crippen LogP contribution in [0, 0.1) is 5.92 Å². The summed E-state index contributed by atoms with van der Waals surface area (Å²) >= 11 is 2.63. The second-order valence-electron chi connectivity index (χ2n) is 7.29. The second-order valence-corrected chi connectivity index (χ2v) is 8.63. The lowest BCUT2D eigenvalue weighted by Gasteiger charge is -2.23. The van der Waals surface area contributed by atoms with E-state index < -0.39 is 0 Å². The van der Waals surface area contributed by atoms with E-state index in [4.69, 9.17) is 0 Å². The molecular formula is C20H23I. The van der Waals surface area contributed by atoms with Crippen molar-refractivity contribution >= 4 is 22.6 Å². The highest BCUT2D eigenvalue weighted by atomic mass is 127. The van der Waals surface area contributed by atoms with E-state index in [0.717, 1.165) is 5.92 Å². The Morgan fingerprint density at radius 3 is 2.33 bits per heavy atom. The molecule has 21 heavy (non-hydrogen) atoms. The number of alkyl halides is 1. The van der Waals surface area contributed by atoms with Gasteiger partial charge < -0.3 is 0 Å². The highest BCUT2D eigenvalue weighted by molar-refractivity contribution is 14.1. The molecule has 0 spiro atoms. The topological polar surface area (TPSA) is 0 Å². The van der Waals surface area contributed by atoms with Crippen molar-refractivity contribution < 1.29 is 0 Å². The molecule has 0 aromatic heterocycles. The molecule has 0 radical (unpaired) electrons. The third-order valence-electron chi connectivity index (χ3n) is 4.56. The molecule has 1 aliphatic rings. The van der Waals surface area contributed by atoms with Crippen LogP contribution in [0.25, 0.3) is 11.1 Å². The van der Waals surface area contributed by atoms with Gasteiger partial charge in [0.1, 0.15) is 0 Å². The average Bonchev–Trinajstić information content (AvgIpc) is 2.74. The molecule has 0 saturated carbocycles. The molecule has 1 aliphatic carbocycles. The van der Waals surface area contributed by atoms with Crippen molar-refractivity contribution in [1.29, 1.82) is 0 Å². The first-order valence-corrected chi connectivity index (χ1v) is 8.99. The summed E-state index contributed by atoms with van der Waals surface area (Å²) in [5, 5.41) is 0. The fourth-order valence-electron chi connectivity index (χ4n) is 3.21. The van der Waals surface area contributed by atoms with Crippen LogP contribution in [0.4, 0.5) is 0 Å². The van der Waals surface area contributed by atoms with Crippen molar-refractivity contribution in [2.75, 3.05) is 0 Å². The highest BCUT2D eigenvalue weighted by Gasteiger charge is 2.31. The molecule has 0 fully saturated rings. The van der Waals surface area contributed by atoms with E-state index in [9.17, 15) is 0 Å². The zero-order valence-corrected chi connectivity index (χ0v) is 15.4. The lowest BCUT2D eigenvalue weighted by Crippen LogP contribution is -2.12. The van der Waals surface area contributed by atoms with Crippen LogP contribution in [-0.2, 0) is 11.8 Å². The smallest absolute Gasteiger partial charge is 0.0391 e. The van der Waals surface area contributed by atoms with E-state index in [0.29, 0.717) is 3.92 Å². The maximum absolute atomic E-state index is 2.63. The Hall–Kier alpha value is -0.830. The van der Waals surface area contributed by atoms with E-state index >= 15 is 0 Å². The van der Waals surface area contributed by atoms with Gasteiger partial charge in [0.25, 0.3) is 0 Å². The summed E-state index contributed by atoms with van der Waals surface area (Å²) in [7, 11) is 0. The molecule has 110 valence electrons. The molecule has 2 atom stereocenters. The number of hydrogen-bond donors (Lipinski definition) is 0. The molecule has 0 amide bonds. The van der Waals surface area contributed by atoms with Gasteiger partial charge in [0.15, 0.2) is 0 Å². The lowest BCUT2D eigenvalue weighted by atomic mass is 9.82. The Morgan fingerprint density at radius 2 is 1.71 bits per heavy atom. The van der Waals surface area contributed by atoms with Crippen molar-refractivity contribution in [1.82, 2.24) is 0 Å². The number of fused-ring (bicyclic) bond motifs is 1. The van der Waals surface area contributed by atoms with Gasteiger partial charge in [-0.05, 0) is 45.6 Å². The summed E-state index contributed by atoms with van der Waals surface area (Å²) in [4.78, 5) is 0. The predicted octanol–water partition coefficient (Wildman–Crippen LogP) is 6.32. The van der Waals surface area contributed by atoms with Crippen LogP contribution in [0.2, 0.25) is 0 Å². The van der Waals surface area contributed by atoms with E-state index in [1.807, 2.05) is 0 Å². The summed E-state index contributed by atoms with van der Waals surface area (Å²) in [5.74, 6) is 0.735. The van der Waals surface area contributed by atoms with Crippen LogP contribution in [0.15, 0.2) is 42.5 Å². The molecular weight excluding hydrogens is 367 g/mol. The molecule has 1 unspecified atom stereocenters. The minimum atomic E-state index is 0.195. The van der Waals surface area contributed by atoms with Crippen LogP contribution < -0.4 is 0 Å². The van der Waals surface area contributed by atoms with E-state index in [1.165, 1.54) is 23.1 Å². The molecule has 0 bridgehead atoms. The van der Waals surface area contributed by atoms with Crippen LogP contribution in [0.5, 0.6) is 0 Å². The average molecular weight is 390 g/mol. The van der Waals surface area contributed by atoms with Crippen LogP contribution in [0.3, 0.4) is 0 Å². The Labute approximate surface area is 142 Å². The Balaban J connectivity index is 2.24. The van der Waals surface area contributed by atoms with Crippen molar-refractivity contribution in [2.45, 2.75) is 43.5 Å². The molecule has 0 aliphatic heterocycles. The van der Waals surface area contributed by atoms with Gasteiger partial charge in [-0.2, -0.15) is 0 Å². The fraction of sp³-hybridized carbons (Fsp3) is 0.400. The number of rotatable bonds is 1. The van der Waals surface area contributed by atoms with E-state index in [-0.39, 0.29) is 5.41 Å². The van der Waals surface area contributed by atoms with Crippen molar-refractivity contribution in [3.63, 3.8) is 0 Å². The summed E-state index contributed by atoms with van der Waals surface area (Å²) in [6.07, 6.45) is 1.21. The van der Waals surface area contributed by atoms with Crippen molar-refractivity contribution in [3.8, 4) is 11.1 Å². The first-order chi connectivity index (χ1) is 9.88. The molecule has 3 rings (SSSR count). The minimum absolute atomic E-state index is 0.195. The summed E-state index contributed by atoms with van der Waals surface area (Å²) in [6, 6.07) is 15.8. The zero-order chi connectivity index (χ0) is 15.2. The summed E-state index contributed by atoms with van der Waals surface area (Å²) in [6.45, 7) is 9.31. The van der Waals surface area contributed by atoms with Gasteiger partial charge in [-0.3, -0.25) is 0 Å². The molecule has 1 heteroatoms. The van der Waals surface area contributed by atoms with Gasteiger partial charge in [-0.1, -0.05) is 92.8 Å². The number of halogens is 1. The standard InChI is InChI=1S/C20H23I/c1-13-10-17-16(14-8-6-5-7-9-14)11-15(20(2,3)4)12-18(17)19(13)21/h5-9,11-13,19H,10H2,1-4H3/t13-,19?/m0/s1. The van der Waals surface area contributed by atoms with E-state index in [2.05, 4.69) is 92.8 Å². The zero-order valence-electron chi connectivity index (χ0n) is 13.3. The molecule has 0 N–H and O–H groups in total. The van der Waals surface area contributed by atoms with Crippen LogP contribution in [-0.4, -0.2) is 0 Å². The highest BCUT2D eigenvalue weighted by Crippen LogP contribution is 2.47. The quantitative estimate of drug-likeness (QED) is 0.395. The Kier molecular flexibility index (Phi) is 3.89. The van der Waals surface area contributed by atoms with E-state index in [1.54, 1.807) is 11.1 Å². The van der Waals surface area contributed by atoms with Crippen LogP contribution in [0.1, 0.15) is 48.3 Å². The Bertz CT molecular complexity index is 650. The molecule has 2 aromatic carbocycles. The van der Waals surface area contributed by atoms with Gasteiger partial charge in [0.05, 0.1) is 0 Å². The Morgan fingerprint density at radius 1 is 1.05 bits per heavy atom. The number of benzene rings is 2. The van der Waals surface area contributed by atoms with Gasteiger partial charge in [0, 0.05) is 3.92 Å². The SMILES string of the molecule is C[C@H]1Cc2c(-c3ccccc3)cc(C(C)(C)C)cc2C1I. The predicted molar refractivity (Wildman–Crippen MR) is 100 cm³/mol. The van der Waals surface area contributed by atoms with Gasteiger partial charge in [-0.25, -0.2) is 0 Å². The van der Waals surface area contributed by atoms with Crippen LogP contribution >= 0.6 is 22.6 Å². The molecule has 0 saturated heterocycles. The molecule has 2 aromatic rings. The molecule has 0 heterocycles. The number of hydrogen-bond acceptors (Lipinski definition) is 0. The maximum Gasteiger partial charge on any atom is 0.0391 e. The first-order valence-electron chi connectivity index (χ1n) is 7.74.